The Morgan fingerprint density at radius 2 is 2.21 bits per heavy atom. The second-order valence-electron chi connectivity index (χ2n) is 3.98. The minimum Gasteiger partial charge on any atom is -0.486 e. The van der Waals surface area contributed by atoms with Crippen LogP contribution in [0.3, 0.4) is 0 Å². The molecule has 100 valence electrons. The van der Waals surface area contributed by atoms with Gasteiger partial charge in [0.05, 0.1) is 11.3 Å². The van der Waals surface area contributed by atoms with E-state index < -0.39 is 5.97 Å². The summed E-state index contributed by atoms with van der Waals surface area (Å²) in [5.74, 6) is -0.468. The highest BCUT2D eigenvalue weighted by molar-refractivity contribution is 9.10. The Morgan fingerprint density at radius 1 is 1.47 bits per heavy atom. The fourth-order valence-electron chi connectivity index (χ4n) is 1.50. The molecule has 0 spiro atoms. The van der Waals surface area contributed by atoms with Crippen LogP contribution in [0.25, 0.3) is 0 Å². The normalized spacial score (nSPS) is 10.5. The van der Waals surface area contributed by atoms with Crippen LogP contribution in [0.1, 0.15) is 25.9 Å². The molecule has 6 heteroatoms. The van der Waals surface area contributed by atoms with Crippen LogP contribution in [0, 0.1) is 13.8 Å². The molecule has 0 radical (unpaired) electrons. The molecule has 0 amide bonds. The van der Waals surface area contributed by atoms with Gasteiger partial charge in [-0.05, 0) is 48.0 Å². The molecule has 2 aromatic rings. The van der Waals surface area contributed by atoms with E-state index >= 15 is 0 Å². The Bertz CT molecular complexity index is 605. The van der Waals surface area contributed by atoms with Crippen LogP contribution in [-0.4, -0.2) is 16.1 Å². The third kappa shape index (κ3) is 3.33. The Balaban J connectivity index is 2.11. The molecule has 2 rings (SSSR count). The van der Waals surface area contributed by atoms with Crippen molar-refractivity contribution in [2.75, 3.05) is 0 Å². The lowest BCUT2D eigenvalue weighted by Crippen LogP contribution is -2.00. The van der Waals surface area contributed by atoms with Gasteiger partial charge in [-0.2, -0.15) is 0 Å². The van der Waals surface area contributed by atoms with Gasteiger partial charge in [0, 0.05) is 9.35 Å². The summed E-state index contributed by atoms with van der Waals surface area (Å²) in [5, 5.41) is 9.90. The molecular formula is C13H12BrNO3S. The number of carboxylic acid groups (broad SMARTS) is 1. The number of carboxylic acids is 1. The Morgan fingerprint density at radius 3 is 2.79 bits per heavy atom. The molecule has 1 aromatic carbocycles. The molecule has 0 saturated heterocycles. The van der Waals surface area contributed by atoms with Crippen LogP contribution in [0.5, 0.6) is 5.75 Å². The van der Waals surface area contributed by atoms with Crippen LogP contribution < -0.4 is 4.74 Å². The average Bonchev–Trinajstić information content (AvgIpc) is 2.67. The molecule has 1 N–H and O–H groups in total. The third-order valence-corrected chi connectivity index (χ3v) is 4.34. The summed E-state index contributed by atoms with van der Waals surface area (Å²) >= 11 is 4.78. The number of hydrogen-bond acceptors (Lipinski definition) is 4. The summed E-state index contributed by atoms with van der Waals surface area (Å²) in [4.78, 5) is 16.5. The average molecular weight is 342 g/mol. The molecular weight excluding hydrogens is 330 g/mol. The lowest BCUT2D eigenvalue weighted by Gasteiger charge is -2.06. The maximum Gasteiger partial charge on any atom is 0.336 e. The molecule has 1 aromatic heterocycles. The minimum absolute atomic E-state index is 0.184. The van der Waals surface area contributed by atoms with E-state index in [0.29, 0.717) is 16.8 Å². The van der Waals surface area contributed by atoms with Crippen molar-refractivity contribution < 1.29 is 14.6 Å². The molecule has 0 saturated carbocycles. The highest BCUT2D eigenvalue weighted by atomic mass is 79.9. The predicted molar refractivity (Wildman–Crippen MR) is 77.0 cm³/mol. The number of aromatic nitrogens is 1. The summed E-state index contributed by atoms with van der Waals surface area (Å²) < 4.78 is 6.11. The van der Waals surface area contributed by atoms with Crippen molar-refractivity contribution in [2.45, 2.75) is 20.5 Å². The largest absolute Gasteiger partial charge is 0.486 e. The van der Waals surface area contributed by atoms with Gasteiger partial charge in [0.25, 0.3) is 0 Å². The van der Waals surface area contributed by atoms with E-state index in [1.54, 1.807) is 23.5 Å². The molecule has 1 heterocycles. The zero-order valence-electron chi connectivity index (χ0n) is 10.4. The van der Waals surface area contributed by atoms with E-state index in [4.69, 9.17) is 9.84 Å². The Kier molecular flexibility index (Phi) is 4.21. The standard InChI is InChI=1S/C13H12BrNO3S/c1-7-8(2)19-12(15-7)6-18-9-3-4-11(14)10(5-9)13(16)17/h3-5H,6H2,1-2H3,(H,16,17). The van der Waals surface area contributed by atoms with Crippen molar-refractivity contribution in [2.24, 2.45) is 0 Å². The molecule has 0 aliphatic carbocycles. The molecule has 0 fully saturated rings. The third-order valence-electron chi connectivity index (χ3n) is 2.60. The van der Waals surface area contributed by atoms with Crippen LogP contribution in [0.2, 0.25) is 0 Å². The van der Waals surface area contributed by atoms with Gasteiger partial charge >= 0.3 is 5.97 Å². The lowest BCUT2D eigenvalue weighted by molar-refractivity contribution is 0.0695. The lowest BCUT2D eigenvalue weighted by atomic mass is 10.2. The molecule has 19 heavy (non-hydrogen) atoms. The van der Waals surface area contributed by atoms with Crippen LogP contribution in [0.15, 0.2) is 22.7 Å². The van der Waals surface area contributed by atoms with Crippen molar-refractivity contribution in [3.05, 3.63) is 43.8 Å². The molecule has 0 bridgehead atoms. The van der Waals surface area contributed by atoms with Gasteiger partial charge in [0.15, 0.2) is 0 Å². The van der Waals surface area contributed by atoms with Crippen molar-refractivity contribution in [1.82, 2.24) is 4.98 Å². The Hall–Kier alpha value is -1.40. The van der Waals surface area contributed by atoms with Gasteiger partial charge in [0.2, 0.25) is 0 Å². The van der Waals surface area contributed by atoms with Gasteiger partial charge in [-0.3, -0.25) is 0 Å². The minimum atomic E-state index is -0.988. The summed E-state index contributed by atoms with van der Waals surface area (Å²) in [6.45, 7) is 4.32. The topological polar surface area (TPSA) is 59.4 Å². The fraction of sp³-hybridized carbons (Fsp3) is 0.231. The van der Waals surface area contributed by atoms with Crippen LogP contribution in [-0.2, 0) is 6.61 Å². The number of nitrogens with zero attached hydrogens (tertiary/aromatic N) is 1. The van der Waals surface area contributed by atoms with Crippen molar-refractivity contribution >= 4 is 33.2 Å². The smallest absolute Gasteiger partial charge is 0.336 e. The van der Waals surface area contributed by atoms with Crippen molar-refractivity contribution in [1.29, 1.82) is 0 Å². The van der Waals surface area contributed by atoms with Crippen LogP contribution in [0.4, 0.5) is 0 Å². The number of aryl methyl sites for hydroxylation is 2. The fourth-order valence-corrected chi connectivity index (χ4v) is 2.77. The predicted octanol–water partition coefficient (Wildman–Crippen LogP) is 3.80. The van der Waals surface area contributed by atoms with Gasteiger partial charge in [-0.25, -0.2) is 9.78 Å². The number of aromatic carboxylic acids is 1. The molecule has 0 unspecified atom stereocenters. The van der Waals surface area contributed by atoms with E-state index in [1.807, 2.05) is 13.8 Å². The number of hydrogen-bond donors (Lipinski definition) is 1. The van der Waals surface area contributed by atoms with Crippen LogP contribution >= 0.6 is 27.3 Å². The van der Waals surface area contributed by atoms with E-state index in [2.05, 4.69) is 20.9 Å². The monoisotopic (exact) mass is 341 g/mol. The summed E-state index contributed by atoms with van der Waals surface area (Å²) in [6, 6.07) is 4.89. The van der Waals surface area contributed by atoms with E-state index in [9.17, 15) is 4.79 Å². The van der Waals surface area contributed by atoms with Gasteiger partial charge in [0.1, 0.15) is 17.4 Å². The Labute approximate surface area is 123 Å². The number of thiazole rings is 1. The maximum atomic E-state index is 11.0. The molecule has 0 aliphatic heterocycles. The van der Waals surface area contributed by atoms with E-state index in [0.717, 1.165) is 10.7 Å². The SMILES string of the molecule is Cc1nc(COc2ccc(Br)c(C(=O)O)c2)sc1C. The number of benzene rings is 1. The summed E-state index contributed by atoms with van der Waals surface area (Å²) in [6.07, 6.45) is 0. The quantitative estimate of drug-likeness (QED) is 0.918. The van der Waals surface area contributed by atoms with E-state index in [-0.39, 0.29) is 5.56 Å². The number of carbonyl (C=O) groups is 1. The first-order chi connectivity index (χ1) is 8.97. The zero-order chi connectivity index (χ0) is 14.0. The first-order valence-electron chi connectivity index (χ1n) is 5.56. The van der Waals surface area contributed by atoms with Gasteiger partial charge in [-0.1, -0.05) is 0 Å². The highest BCUT2D eigenvalue weighted by Gasteiger charge is 2.10. The highest BCUT2D eigenvalue weighted by Crippen LogP contribution is 2.24. The number of rotatable bonds is 4. The van der Waals surface area contributed by atoms with Crippen molar-refractivity contribution in [3.8, 4) is 5.75 Å². The molecule has 0 atom stereocenters. The first-order valence-corrected chi connectivity index (χ1v) is 7.17. The first kappa shape index (κ1) is 14.0. The van der Waals surface area contributed by atoms with Crippen molar-refractivity contribution in [3.63, 3.8) is 0 Å². The second kappa shape index (κ2) is 5.71. The second-order valence-corrected chi connectivity index (χ2v) is 6.13. The summed E-state index contributed by atoms with van der Waals surface area (Å²) in [7, 11) is 0. The van der Waals surface area contributed by atoms with Gasteiger partial charge < -0.3 is 9.84 Å². The van der Waals surface area contributed by atoms with E-state index in [1.165, 1.54) is 10.9 Å². The zero-order valence-corrected chi connectivity index (χ0v) is 12.8. The number of ether oxygens (including phenoxy) is 1. The number of halogens is 1. The molecule has 0 aliphatic rings. The molecule has 4 nitrogen and oxygen atoms in total. The summed E-state index contributed by atoms with van der Waals surface area (Å²) in [5.41, 5.74) is 1.19. The maximum absolute atomic E-state index is 11.0. The van der Waals surface area contributed by atoms with Gasteiger partial charge in [-0.15, -0.1) is 11.3 Å².